The highest BCUT2D eigenvalue weighted by atomic mass is 35.5. The lowest BCUT2D eigenvalue weighted by molar-refractivity contribution is 0.102. The first-order valence-corrected chi connectivity index (χ1v) is 8.00. The van der Waals surface area contributed by atoms with Crippen molar-refractivity contribution < 1.29 is 9.53 Å². The number of carbonyl (C=O) groups excluding carboxylic acids is 1. The highest BCUT2D eigenvalue weighted by molar-refractivity contribution is 6.31. The topological polar surface area (TPSA) is 64.1 Å². The second-order valence-corrected chi connectivity index (χ2v) is 5.79. The number of amides is 1. The lowest BCUT2D eigenvalue weighted by Gasteiger charge is -2.12. The van der Waals surface area contributed by atoms with Gasteiger partial charge in [0.15, 0.2) is 5.82 Å². The van der Waals surface area contributed by atoms with Crippen molar-refractivity contribution in [1.82, 2.24) is 9.97 Å². The van der Waals surface area contributed by atoms with Gasteiger partial charge in [-0.3, -0.25) is 4.79 Å². The van der Waals surface area contributed by atoms with Crippen LogP contribution in [0.2, 0.25) is 5.02 Å². The van der Waals surface area contributed by atoms with Crippen molar-refractivity contribution in [3.63, 3.8) is 0 Å². The number of ether oxygens (including phenoxy) is 1. The summed E-state index contributed by atoms with van der Waals surface area (Å²) in [6.45, 7) is 1.78. The molecular weight excluding hydrogens is 338 g/mol. The fraction of sp³-hybridized carbons (Fsp3) is 0.105. The summed E-state index contributed by atoms with van der Waals surface area (Å²) < 4.78 is 5.24. The van der Waals surface area contributed by atoms with Crippen LogP contribution in [0.15, 0.2) is 54.7 Å². The van der Waals surface area contributed by atoms with Crippen LogP contribution in [-0.4, -0.2) is 23.0 Å². The minimum Gasteiger partial charge on any atom is -0.495 e. The number of carbonyl (C=O) groups is 1. The highest BCUT2D eigenvalue weighted by Gasteiger charge is 2.15. The largest absolute Gasteiger partial charge is 0.495 e. The fourth-order valence-corrected chi connectivity index (χ4v) is 2.56. The number of aryl methyl sites for hydroxylation is 1. The Kier molecular flexibility index (Phi) is 4.95. The number of nitrogens with zero attached hydrogens (tertiary/aromatic N) is 2. The van der Waals surface area contributed by atoms with Gasteiger partial charge in [-0.05, 0) is 25.1 Å². The standard InChI is InChI=1S/C19H16ClN3O2/c1-12-15(11-21-18(22-12)13-6-4-3-5-7-13)19(24)23-16-10-14(20)8-9-17(16)25-2/h3-11H,1-2H3,(H,23,24). The van der Waals surface area contributed by atoms with Gasteiger partial charge in [0.05, 0.1) is 24.1 Å². The molecule has 0 bridgehead atoms. The normalized spacial score (nSPS) is 10.4. The zero-order chi connectivity index (χ0) is 17.8. The fourth-order valence-electron chi connectivity index (χ4n) is 2.38. The molecule has 0 atom stereocenters. The molecule has 1 N–H and O–H groups in total. The molecule has 0 aliphatic rings. The summed E-state index contributed by atoms with van der Waals surface area (Å²) in [4.78, 5) is 21.3. The summed E-state index contributed by atoms with van der Waals surface area (Å²) in [5, 5.41) is 3.29. The zero-order valence-corrected chi connectivity index (χ0v) is 14.5. The first-order chi connectivity index (χ1) is 12.1. The number of methoxy groups -OCH3 is 1. The van der Waals surface area contributed by atoms with Crippen LogP contribution < -0.4 is 10.1 Å². The van der Waals surface area contributed by atoms with Gasteiger partial charge in [0, 0.05) is 16.8 Å². The van der Waals surface area contributed by atoms with Crippen LogP contribution in [0.25, 0.3) is 11.4 Å². The maximum Gasteiger partial charge on any atom is 0.259 e. The van der Waals surface area contributed by atoms with Crippen LogP contribution in [0.5, 0.6) is 5.75 Å². The predicted molar refractivity (Wildman–Crippen MR) is 98.2 cm³/mol. The van der Waals surface area contributed by atoms with E-state index in [0.717, 1.165) is 5.56 Å². The quantitative estimate of drug-likeness (QED) is 0.756. The van der Waals surface area contributed by atoms with Crippen LogP contribution in [0.4, 0.5) is 5.69 Å². The molecule has 5 nitrogen and oxygen atoms in total. The number of halogens is 1. The van der Waals surface area contributed by atoms with Crippen molar-refractivity contribution >= 4 is 23.2 Å². The molecule has 0 spiro atoms. The van der Waals surface area contributed by atoms with Gasteiger partial charge in [-0.1, -0.05) is 41.9 Å². The van der Waals surface area contributed by atoms with E-state index in [2.05, 4.69) is 15.3 Å². The third-order valence-corrected chi connectivity index (χ3v) is 3.90. The Hall–Kier alpha value is -2.92. The summed E-state index contributed by atoms with van der Waals surface area (Å²) in [5.41, 5.74) is 2.37. The van der Waals surface area contributed by atoms with Crippen LogP contribution in [0, 0.1) is 6.92 Å². The molecule has 1 heterocycles. The van der Waals surface area contributed by atoms with Crippen molar-refractivity contribution in [3.8, 4) is 17.1 Å². The first kappa shape index (κ1) is 16.9. The van der Waals surface area contributed by atoms with Crippen molar-refractivity contribution in [2.75, 3.05) is 12.4 Å². The molecule has 126 valence electrons. The Morgan fingerprint density at radius 3 is 2.60 bits per heavy atom. The van der Waals surface area contributed by atoms with Crippen LogP contribution in [0.3, 0.4) is 0 Å². The van der Waals surface area contributed by atoms with E-state index in [1.165, 1.54) is 13.3 Å². The number of hydrogen-bond acceptors (Lipinski definition) is 4. The molecule has 3 aromatic rings. The Labute approximate surface area is 150 Å². The van der Waals surface area contributed by atoms with E-state index >= 15 is 0 Å². The molecule has 25 heavy (non-hydrogen) atoms. The van der Waals surface area contributed by atoms with E-state index in [1.807, 2.05) is 30.3 Å². The summed E-state index contributed by atoms with van der Waals surface area (Å²) in [7, 11) is 1.53. The van der Waals surface area contributed by atoms with Gasteiger partial charge in [-0.15, -0.1) is 0 Å². The maximum absolute atomic E-state index is 12.6. The highest BCUT2D eigenvalue weighted by Crippen LogP contribution is 2.28. The van der Waals surface area contributed by atoms with Crippen LogP contribution in [-0.2, 0) is 0 Å². The molecule has 0 aliphatic heterocycles. The molecule has 0 unspecified atom stereocenters. The van der Waals surface area contributed by atoms with E-state index < -0.39 is 0 Å². The summed E-state index contributed by atoms with van der Waals surface area (Å²) in [5.74, 6) is 0.782. The van der Waals surface area contributed by atoms with Gasteiger partial charge in [0.2, 0.25) is 0 Å². The van der Waals surface area contributed by atoms with E-state index in [4.69, 9.17) is 16.3 Å². The minimum atomic E-state index is -0.322. The van der Waals surface area contributed by atoms with E-state index in [9.17, 15) is 4.79 Å². The average molecular weight is 354 g/mol. The Balaban J connectivity index is 1.87. The number of benzene rings is 2. The molecule has 1 aromatic heterocycles. The number of hydrogen-bond donors (Lipinski definition) is 1. The third kappa shape index (κ3) is 3.78. The van der Waals surface area contributed by atoms with Crippen LogP contribution >= 0.6 is 11.6 Å². The smallest absolute Gasteiger partial charge is 0.259 e. The van der Waals surface area contributed by atoms with Gasteiger partial charge >= 0.3 is 0 Å². The minimum absolute atomic E-state index is 0.322. The van der Waals surface area contributed by atoms with Crippen molar-refractivity contribution in [2.45, 2.75) is 6.92 Å². The number of anilines is 1. The summed E-state index contributed by atoms with van der Waals surface area (Å²) in [6.07, 6.45) is 1.52. The lowest BCUT2D eigenvalue weighted by atomic mass is 10.1. The summed E-state index contributed by atoms with van der Waals surface area (Å²) >= 11 is 5.99. The van der Waals surface area contributed by atoms with Gasteiger partial charge in [0.1, 0.15) is 5.75 Å². The molecule has 0 saturated heterocycles. The Bertz CT molecular complexity index is 914. The molecule has 0 aliphatic carbocycles. The summed E-state index contributed by atoms with van der Waals surface area (Å²) in [6, 6.07) is 14.6. The Morgan fingerprint density at radius 1 is 1.16 bits per heavy atom. The lowest BCUT2D eigenvalue weighted by Crippen LogP contribution is -2.15. The van der Waals surface area contributed by atoms with E-state index in [0.29, 0.717) is 33.5 Å². The van der Waals surface area contributed by atoms with Crippen molar-refractivity contribution in [2.24, 2.45) is 0 Å². The molecule has 6 heteroatoms. The number of nitrogens with one attached hydrogen (secondary N) is 1. The van der Waals surface area contributed by atoms with E-state index in [-0.39, 0.29) is 5.91 Å². The molecule has 1 amide bonds. The van der Waals surface area contributed by atoms with Gasteiger partial charge in [-0.25, -0.2) is 9.97 Å². The molecular formula is C19H16ClN3O2. The second-order valence-electron chi connectivity index (χ2n) is 5.36. The van der Waals surface area contributed by atoms with Crippen LogP contribution in [0.1, 0.15) is 16.1 Å². The number of aromatic nitrogens is 2. The van der Waals surface area contributed by atoms with Gasteiger partial charge in [-0.2, -0.15) is 0 Å². The molecule has 0 saturated carbocycles. The van der Waals surface area contributed by atoms with Gasteiger partial charge < -0.3 is 10.1 Å². The third-order valence-electron chi connectivity index (χ3n) is 3.67. The van der Waals surface area contributed by atoms with Crippen molar-refractivity contribution in [3.05, 3.63) is 71.0 Å². The molecule has 3 rings (SSSR count). The average Bonchev–Trinajstić information content (AvgIpc) is 2.62. The molecule has 0 fully saturated rings. The predicted octanol–water partition coefficient (Wildman–Crippen LogP) is 4.37. The molecule has 2 aromatic carbocycles. The second kappa shape index (κ2) is 7.32. The molecule has 0 radical (unpaired) electrons. The SMILES string of the molecule is COc1ccc(Cl)cc1NC(=O)c1cnc(-c2ccccc2)nc1C. The Morgan fingerprint density at radius 2 is 1.92 bits per heavy atom. The first-order valence-electron chi connectivity index (χ1n) is 7.62. The monoisotopic (exact) mass is 353 g/mol. The van der Waals surface area contributed by atoms with E-state index in [1.54, 1.807) is 25.1 Å². The van der Waals surface area contributed by atoms with Gasteiger partial charge in [0.25, 0.3) is 5.91 Å². The maximum atomic E-state index is 12.6. The van der Waals surface area contributed by atoms with Crippen molar-refractivity contribution in [1.29, 1.82) is 0 Å². The zero-order valence-electron chi connectivity index (χ0n) is 13.8. The number of rotatable bonds is 4.